The lowest BCUT2D eigenvalue weighted by atomic mass is 9.80. The van der Waals surface area contributed by atoms with Gasteiger partial charge >= 0.3 is 0 Å². The Balaban J connectivity index is 2.12. The van der Waals surface area contributed by atoms with Gasteiger partial charge in [0.1, 0.15) is 4.90 Å². The smallest absolute Gasteiger partial charge is 0.243 e. The molecule has 2 N–H and O–H groups in total. The monoisotopic (exact) mass is 351 g/mol. The molecule has 1 saturated carbocycles. The van der Waals surface area contributed by atoms with Crippen molar-refractivity contribution in [2.75, 3.05) is 6.54 Å². The summed E-state index contributed by atoms with van der Waals surface area (Å²) < 4.78 is 27.1. The third-order valence-corrected chi connectivity index (χ3v) is 6.34. The highest BCUT2D eigenvalue weighted by Gasteiger charge is 2.33. The lowest BCUT2D eigenvalue weighted by molar-refractivity contribution is -0.00182. The van der Waals surface area contributed by atoms with E-state index < -0.39 is 15.6 Å². The molecule has 4 nitrogen and oxygen atoms in total. The SMILES string of the molecule is CC1CCC(O)(CNS(=O)(=O)c2c(Cl)cccc2Cl)CC1. The first-order valence-electron chi connectivity index (χ1n) is 6.90. The van der Waals surface area contributed by atoms with Crippen LogP contribution in [0.25, 0.3) is 0 Å². The van der Waals surface area contributed by atoms with E-state index in [9.17, 15) is 13.5 Å². The van der Waals surface area contributed by atoms with Crippen molar-refractivity contribution >= 4 is 33.2 Å². The van der Waals surface area contributed by atoms with E-state index in [0.717, 1.165) is 12.8 Å². The normalized spacial score (nSPS) is 26.8. The summed E-state index contributed by atoms with van der Waals surface area (Å²) in [7, 11) is -3.85. The van der Waals surface area contributed by atoms with Crippen molar-refractivity contribution in [3.05, 3.63) is 28.2 Å². The second-order valence-electron chi connectivity index (χ2n) is 5.78. The van der Waals surface area contributed by atoms with Crippen molar-refractivity contribution in [2.45, 2.75) is 43.1 Å². The van der Waals surface area contributed by atoms with Gasteiger partial charge in [-0.25, -0.2) is 13.1 Å². The van der Waals surface area contributed by atoms with Crippen molar-refractivity contribution in [1.29, 1.82) is 0 Å². The molecule has 0 spiro atoms. The molecule has 0 bridgehead atoms. The first kappa shape index (κ1) is 17.0. The molecule has 1 aliphatic carbocycles. The lowest BCUT2D eigenvalue weighted by Crippen LogP contribution is -2.45. The minimum Gasteiger partial charge on any atom is -0.389 e. The van der Waals surface area contributed by atoms with Crippen LogP contribution in [-0.2, 0) is 10.0 Å². The van der Waals surface area contributed by atoms with Gasteiger partial charge in [0, 0.05) is 6.54 Å². The first-order chi connectivity index (χ1) is 9.73. The molecule has 1 aromatic carbocycles. The second kappa shape index (κ2) is 6.42. The number of benzene rings is 1. The third-order valence-electron chi connectivity index (χ3n) is 3.98. The summed E-state index contributed by atoms with van der Waals surface area (Å²) in [6.45, 7) is 2.11. The van der Waals surface area contributed by atoms with Crippen molar-refractivity contribution in [2.24, 2.45) is 5.92 Å². The highest BCUT2D eigenvalue weighted by Crippen LogP contribution is 2.33. The Morgan fingerprint density at radius 2 is 1.81 bits per heavy atom. The van der Waals surface area contributed by atoms with Crippen molar-refractivity contribution in [3.63, 3.8) is 0 Å². The summed E-state index contributed by atoms with van der Waals surface area (Å²) in [5.74, 6) is 0.569. The van der Waals surface area contributed by atoms with Crippen LogP contribution < -0.4 is 4.72 Å². The summed E-state index contributed by atoms with van der Waals surface area (Å²) in [6.07, 6.45) is 2.97. The summed E-state index contributed by atoms with van der Waals surface area (Å²) in [5.41, 5.74) is -0.993. The zero-order valence-corrected chi connectivity index (χ0v) is 14.1. The van der Waals surface area contributed by atoms with Crippen LogP contribution >= 0.6 is 23.2 Å². The molecule has 0 atom stereocenters. The molecular formula is C14H19Cl2NO3S. The van der Waals surface area contributed by atoms with E-state index in [1.54, 1.807) is 6.07 Å². The predicted octanol–water partition coefficient (Wildman–Crippen LogP) is 3.21. The topological polar surface area (TPSA) is 66.4 Å². The van der Waals surface area contributed by atoms with E-state index >= 15 is 0 Å². The second-order valence-corrected chi connectivity index (χ2v) is 8.30. The molecule has 0 aromatic heterocycles. The van der Waals surface area contributed by atoms with Gasteiger partial charge in [0.15, 0.2) is 0 Å². The summed E-state index contributed by atoms with van der Waals surface area (Å²) in [4.78, 5) is -0.138. The van der Waals surface area contributed by atoms with Gasteiger partial charge in [0.25, 0.3) is 0 Å². The molecule has 1 aromatic rings. The predicted molar refractivity (Wildman–Crippen MR) is 84.2 cm³/mol. The lowest BCUT2D eigenvalue weighted by Gasteiger charge is -2.34. The Labute approximate surface area is 135 Å². The molecule has 7 heteroatoms. The highest BCUT2D eigenvalue weighted by atomic mass is 35.5. The highest BCUT2D eigenvalue weighted by molar-refractivity contribution is 7.89. The minimum absolute atomic E-state index is 0.0242. The van der Waals surface area contributed by atoms with Gasteiger partial charge < -0.3 is 5.11 Å². The van der Waals surface area contributed by atoms with Gasteiger partial charge in [0.05, 0.1) is 15.6 Å². The molecule has 1 fully saturated rings. The molecule has 0 aliphatic heterocycles. The van der Waals surface area contributed by atoms with E-state index in [1.807, 2.05) is 0 Å². The quantitative estimate of drug-likeness (QED) is 0.874. The largest absolute Gasteiger partial charge is 0.389 e. The van der Waals surface area contributed by atoms with E-state index in [-0.39, 0.29) is 21.5 Å². The fourth-order valence-corrected chi connectivity index (χ4v) is 4.78. The fraction of sp³-hybridized carbons (Fsp3) is 0.571. The van der Waals surface area contributed by atoms with Crippen LogP contribution in [0.3, 0.4) is 0 Å². The van der Waals surface area contributed by atoms with Gasteiger partial charge in [0.2, 0.25) is 10.0 Å². The van der Waals surface area contributed by atoms with Gasteiger partial charge in [-0.2, -0.15) is 0 Å². The van der Waals surface area contributed by atoms with E-state index in [4.69, 9.17) is 23.2 Å². The number of halogens is 2. The Kier molecular flexibility index (Phi) is 5.21. The Morgan fingerprint density at radius 3 is 2.33 bits per heavy atom. The number of rotatable bonds is 4. The summed E-state index contributed by atoms with van der Waals surface area (Å²) >= 11 is 11.8. The Bertz CT molecular complexity index is 590. The van der Waals surface area contributed by atoms with E-state index in [2.05, 4.69) is 11.6 Å². The van der Waals surface area contributed by atoms with Crippen LogP contribution in [0.1, 0.15) is 32.6 Å². The van der Waals surface area contributed by atoms with Crippen LogP contribution in [0.4, 0.5) is 0 Å². The minimum atomic E-state index is -3.85. The number of hydrogen-bond donors (Lipinski definition) is 2. The van der Waals surface area contributed by atoms with Crippen molar-refractivity contribution in [1.82, 2.24) is 4.72 Å². The molecule has 0 unspecified atom stereocenters. The van der Waals surface area contributed by atoms with Gasteiger partial charge in [-0.1, -0.05) is 36.2 Å². The molecule has 0 radical (unpaired) electrons. The van der Waals surface area contributed by atoms with Crippen molar-refractivity contribution in [3.8, 4) is 0 Å². The number of aliphatic hydroxyl groups is 1. The van der Waals surface area contributed by atoms with Crippen LogP contribution in [0.15, 0.2) is 23.1 Å². The van der Waals surface area contributed by atoms with Gasteiger partial charge in [-0.15, -0.1) is 0 Å². The molecule has 1 aliphatic rings. The van der Waals surface area contributed by atoms with Crippen molar-refractivity contribution < 1.29 is 13.5 Å². The van der Waals surface area contributed by atoms with E-state index in [1.165, 1.54) is 12.1 Å². The van der Waals surface area contributed by atoms with Gasteiger partial charge in [-0.3, -0.25) is 0 Å². The molecule has 21 heavy (non-hydrogen) atoms. The zero-order valence-electron chi connectivity index (χ0n) is 11.8. The Morgan fingerprint density at radius 1 is 1.29 bits per heavy atom. The first-order valence-corrected chi connectivity index (χ1v) is 9.13. The maximum atomic E-state index is 12.3. The zero-order chi connectivity index (χ0) is 15.7. The molecule has 0 amide bonds. The number of sulfonamides is 1. The standard InChI is InChI=1S/C14H19Cl2NO3S/c1-10-5-7-14(18,8-6-10)9-17-21(19,20)13-11(15)3-2-4-12(13)16/h2-4,10,17-18H,5-9H2,1H3. The molecule has 0 saturated heterocycles. The van der Waals surface area contributed by atoms with Crippen LogP contribution in [0.5, 0.6) is 0 Å². The molecule has 118 valence electrons. The average molecular weight is 352 g/mol. The summed E-state index contributed by atoms with van der Waals surface area (Å²) in [5, 5.41) is 10.6. The molecule has 0 heterocycles. The number of nitrogens with one attached hydrogen (secondary N) is 1. The maximum absolute atomic E-state index is 12.3. The third kappa shape index (κ3) is 4.11. The van der Waals surface area contributed by atoms with Crippen LogP contribution in [-0.4, -0.2) is 25.7 Å². The maximum Gasteiger partial charge on any atom is 0.243 e. The Hall–Kier alpha value is -0.330. The van der Waals surface area contributed by atoms with Gasteiger partial charge in [-0.05, 0) is 43.7 Å². The molecule has 2 rings (SSSR count). The number of hydrogen-bond acceptors (Lipinski definition) is 3. The van der Waals surface area contributed by atoms with Crippen LogP contribution in [0, 0.1) is 5.92 Å². The molecular weight excluding hydrogens is 333 g/mol. The summed E-state index contributed by atoms with van der Waals surface area (Å²) in [6, 6.07) is 4.53. The fourth-order valence-electron chi connectivity index (χ4n) is 2.52. The average Bonchev–Trinajstić information content (AvgIpc) is 2.40. The van der Waals surface area contributed by atoms with E-state index in [0.29, 0.717) is 18.8 Å². The van der Waals surface area contributed by atoms with Crippen LogP contribution in [0.2, 0.25) is 10.0 Å².